The maximum atomic E-state index is 13.8. The molecule has 7 heteroatoms. The van der Waals surface area contributed by atoms with Crippen LogP contribution < -0.4 is 0 Å². The number of aromatic nitrogens is 1. The van der Waals surface area contributed by atoms with Crippen LogP contribution in [-0.2, 0) is 12.6 Å². The van der Waals surface area contributed by atoms with Crippen LogP contribution in [0.3, 0.4) is 0 Å². The Hall–Kier alpha value is -2.77. The molecule has 2 atom stereocenters. The maximum absolute atomic E-state index is 13.8. The number of hydrogen-bond donors (Lipinski definition) is 2. The van der Waals surface area contributed by atoms with Crippen LogP contribution >= 0.6 is 0 Å². The van der Waals surface area contributed by atoms with Crippen molar-refractivity contribution in [2.24, 2.45) is 5.41 Å². The van der Waals surface area contributed by atoms with Gasteiger partial charge in [-0.15, -0.1) is 0 Å². The van der Waals surface area contributed by atoms with Gasteiger partial charge in [0.05, 0.1) is 11.7 Å². The SMILES string of the molecule is CC(C)c1nc2c(c(-c3ccc(F)cc3)c1[C@@H](O)c1ccc(C(F)(F)F)cc1)[C@@H](O)CC1(CCC1)C2. The number of halogens is 4. The van der Waals surface area contributed by atoms with Crippen LogP contribution in [0.15, 0.2) is 48.5 Å². The van der Waals surface area contributed by atoms with Gasteiger partial charge in [-0.3, -0.25) is 4.98 Å². The lowest BCUT2D eigenvalue weighted by molar-refractivity contribution is -0.137. The van der Waals surface area contributed by atoms with Gasteiger partial charge in [0.25, 0.3) is 0 Å². The molecule has 1 aromatic heterocycles. The summed E-state index contributed by atoms with van der Waals surface area (Å²) in [5.41, 5.74) is 3.23. The molecular weight excluding hydrogens is 470 g/mol. The van der Waals surface area contributed by atoms with Gasteiger partial charge in [0.1, 0.15) is 11.9 Å². The van der Waals surface area contributed by atoms with E-state index in [1.54, 1.807) is 12.1 Å². The summed E-state index contributed by atoms with van der Waals surface area (Å²) in [6, 6.07) is 10.3. The summed E-state index contributed by atoms with van der Waals surface area (Å²) in [6.07, 6.45) is -2.07. The van der Waals surface area contributed by atoms with Crippen LogP contribution in [0.2, 0.25) is 0 Å². The van der Waals surface area contributed by atoms with Crippen molar-refractivity contribution in [3.05, 3.63) is 88.0 Å². The Balaban J connectivity index is 1.74. The first-order chi connectivity index (χ1) is 17.0. The summed E-state index contributed by atoms with van der Waals surface area (Å²) in [5, 5.41) is 23.0. The van der Waals surface area contributed by atoms with Gasteiger partial charge in [0, 0.05) is 22.5 Å². The highest BCUT2D eigenvalue weighted by Gasteiger charge is 2.45. The second-order valence-electron chi connectivity index (χ2n) is 10.6. The fourth-order valence-electron chi connectivity index (χ4n) is 5.84. The lowest BCUT2D eigenvalue weighted by Crippen LogP contribution is -2.38. The molecular formula is C29H29F4NO2. The number of benzene rings is 2. The molecule has 0 bridgehead atoms. The Morgan fingerprint density at radius 1 is 1.00 bits per heavy atom. The van der Waals surface area contributed by atoms with E-state index >= 15 is 0 Å². The molecule has 5 rings (SSSR count). The largest absolute Gasteiger partial charge is 0.416 e. The zero-order valence-electron chi connectivity index (χ0n) is 20.2. The number of fused-ring (bicyclic) bond motifs is 1. The molecule has 3 aromatic rings. The third-order valence-electron chi connectivity index (χ3n) is 7.80. The van der Waals surface area contributed by atoms with Crippen molar-refractivity contribution in [2.45, 2.75) is 70.3 Å². The number of alkyl halides is 3. The van der Waals surface area contributed by atoms with Crippen LogP contribution in [0, 0.1) is 11.2 Å². The lowest BCUT2D eigenvalue weighted by atomic mass is 9.59. The molecule has 1 spiro atoms. The number of rotatable bonds is 4. The standard InChI is InChI=1S/C29H29F4NO2/c1-16(2)26-25(27(36)18-4-8-19(9-5-18)29(31,32)33)23(17-6-10-20(30)11-7-17)24-21(34-26)14-28(12-3-13-28)15-22(24)35/h4-11,16,22,27,35-36H,3,12-15H2,1-2H3/t22-,27-/m0/s1. The van der Waals surface area contributed by atoms with E-state index in [4.69, 9.17) is 4.98 Å². The minimum Gasteiger partial charge on any atom is -0.388 e. The van der Waals surface area contributed by atoms with Crippen molar-refractivity contribution in [1.82, 2.24) is 4.98 Å². The van der Waals surface area contributed by atoms with Crippen molar-refractivity contribution in [1.29, 1.82) is 0 Å². The van der Waals surface area contributed by atoms with Gasteiger partial charge < -0.3 is 10.2 Å². The summed E-state index contributed by atoms with van der Waals surface area (Å²) in [5.74, 6) is -0.519. The summed E-state index contributed by atoms with van der Waals surface area (Å²) < 4.78 is 53.2. The number of aliphatic hydroxyl groups excluding tert-OH is 2. The Labute approximate surface area is 207 Å². The van der Waals surface area contributed by atoms with Crippen LogP contribution in [0.1, 0.15) is 91.3 Å². The van der Waals surface area contributed by atoms with Gasteiger partial charge >= 0.3 is 6.18 Å². The van der Waals surface area contributed by atoms with Gasteiger partial charge in [-0.05, 0) is 78.0 Å². The van der Waals surface area contributed by atoms with Crippen LogP contribution in [0.5, 0.6) is 0 Å². The third kappa shape index (κ3) is 4.33. The Kier molecular flexibility index (Phi) is 6.20. The van der Waals surface area contributed by atoms with E-state index in [1.807, 2.05) is 13.8 Å². The zero-order valence-corrected chi connectivity index (χ0v) is 20.2. The van der Waals surface area contributed by atoms with Crippen LogP contribution in [0.4, 0.5) is 17.6 Å². The maximum Gasteiger partial charge on any atom is 0.416 e. The van der Waals surface area contributed by atoms with Crippen molar-refractivity contribution in [3.8, 4) is 11.1 Å². The quantitative estimate of drug-likeness (QED) is 0.372. The molecule has 0 amide bonds. The average molecular weight is 500 g/mol. The summed E-state index contributed by atoms with van der Waals surface area (Å²) in [6.45, 7) is 3.90. The predicted molar refractivity (Wildman–Crippen MR) is 129 cm³/mol. The normalized spacial score (nSPS) is 19.8. The smallest absolute Gasteiger partial charge is 0.388 e. The lowest BCUT2D eigenvalue weighted by Gasteiger charge is -2.47. The van der Waals surface area contributed by atoms with E-state index in [0.717, 1.165) is 43.5 Å². The van der Waals surface area contributed by atoms with Gasteiger partial charge in [-0.25, -0.2) is 4.39 Å². The molecule has 190 valence electrons. The molecule has 1 saturated carbocycles. The van der Waals surface area contributed by atoms with Gasteiger partial charge in [-0.1, -0.05) is 44.5 Å². The number of hydrogen-bond acceptors (Lipinski definition) is 3. The highest BCUT2D eigenvalue weighted by molar-refractivity contribution is 5.75. The summed E-state index contributed by atoms with van der Waals surface area (Å²) in [4.78, 5) is 4.97. The zero-order chi connectivity index (χ0) is 25.8. The van der Waals surface area contributed by atoms with Crippen molar-refractivity contribution < 1.29 is 27.8 Å². The molecule has 1 fully saturated rings. The molecule has 0 radical (unpaired) electrons. The highest BCUT2D eigenvalue weighted by atomic mass is 19.4. The minimum atomic E-state index is -4.49. The molecule has 0 aliphatic heterocycles. The fourth-order valence-corrected chi connectivity index (χ4v) is 5.84. The Bertz CT molecular complexity index is 1260. The van der Waals surface area contributed by atoms with E-state index in [1.165, 1.54) is 24.3 Å². The topological polar surface area (TPSA) is 53.4 Å². The second-order valence-corrected chi connectivity index (χ2v) is 10.6. The second kappa shape index (κ2) is 8.96. The first kappa shape index (κ1) is 24.9. The molecule has 2 N–H and O–H groups in total. The van der Waals surface area contributed by atoms with Gasteiger partial charge in [0.15, 0.2) is 0 Å². The van der Waals surface area contributed by atoms with E-state index in [-0.39, 0.29) is 16.9 Å². The number of aliphatic hydroxyl groups is 2. The number of pyridine rings is 1. The first-order valence-corrected chi connectivity index (χ1v) is 12.3. The Morgan fingerprint density at radius 3 is 2.17 bits per heavy atom. The molecule has 2 aliphatic rings. The van der Waals surface area contributed by atoms with Crippen molar-refractivity contribution in [3.63, 3.8) is 0 Å². The van der Waals surface area contributed by atoms with Gasteiger partial charge in [-0.2, -0.15) is 13.2 Å². The number of nitrogens with zero attached hydrogens (tertiary/aromatic N) is 1. The van der Waals surface area contributed by atoms with Gasteiger partial charge in [0.2, 0.25) is 0 Å². The van der Waals surface area contributed by atoms with E-state index < -0.39 is 29.8 Å². The molecule has 0 unspecified atom stereocenters. The average Bonchev–Trinajstić information content (AvgIpc) is 2.81. The fraction of sp³-hybridized carbons (Fsp3) is 0.414. The van der Waals surface area contributed by atoms with Crippen molar-refractivity contribution >= 4 is 0 Å². The van der Waals surface area contributed by atoms with E-state index in [2.05, 4.69) is 0 Å². The van der Waals surface area contributed by atoms with E-state index in [0.29, 0.717) is 34.4 Å². The highest BCUT2D eigenvalue weighted by Crippen LogP contribution is 2.55. The third-order valence-corrected chi connectivity index (χ3v) is 7.80. The van der Waals surface area contributed by atoms with Crippen LogP contribution in [0.25, 0.3) is 11.1 Å². The molecule has 36 heavy (non-hydrogen) atoms. The first-order valence-electron chi connectivity index (χ1n) is 12.3. The predicted octanol–water partition coefficient (Wildman–Crippen LogP) is 7.26. The molecule has 2 aliphatic carbocycles. The molecule has 1 heterocycles. The van der Waals surface area contributed by atoms with Crippen LogP contribution in [-0.4, -0.2) is 15.2 Å². The monoisotopic (exact) mass is 499 g/mol. The molecule has 3 nitrogen and oxygen atoms in total. The minimum absolute atomic E-state index is 0.0291. The summed E-state index contributed by atoms with van der Waals surface area (Å²) in [7, 11) is 0. The molecule has 0 saturated heterocycles. The Morgan fingerprint density at radius 2 is 1.64 bits per heavy atom. The van der Waals surface area contributed by atoms with E-state index in [9.17, 15) is 27.8 Å². The summed E-state index contributed by atoms with van der Waals surface area (Å²) >= 11 is 0. The molecule has 2 aromatic carbocycles. The van der Waals surface area contributed by atoms with Crippen molar-refractivity contribution in [2.75, 3.05) is 0 Å².